The Morgan fingerprint density at radius 2 is 2.14 bits per heavy atom. The molecule has 21 heavy (non-hydrogen) atoms. The Hall–Kier alpha value is -2.15. The molecule has 2 amide bonds. The summed E-state index contributed by atoms with van der Waals surface area (Å²) in [6, 6.07) is 6.19. The third-order valence-corrected chi connectivity index (χ3v) is 5.81. The van der Waals surface area contributed by atoms with Gasteiger partial charge in [-0.3, -0.25) is 0 Å². The van der Waals surface area contributed by atoms with Crippen LogP contribution in [0.4, 0.5) is 4.79 Å². The normalized spacial score (nSPS) is 26.6. The van der Waals surface area contributed by atoms with Crippen LogP contribution >= 0.6 is 0 Å². The fourth-order valence-electron chi connectivity index (χ4n) is 3.07. The standard InChI is InChI=1S/C14H15N3O3S/c1-2-8-17-13(18)16-12(15)14(17)7-9-21(19,20)11-6-4-3-5-10(11)14/h2-6H,1,7-9H2,(H2,15,16,18). The maximum Gasteiger partial charge on any atom is 0.346 e. The molecule has 1 aromatic carbocycles. The van der Waals surface area contributed by atoms with Gasteiger partial charge in [-0.1, -0.05) is 24.3 Å². The Kier molecular flexibility index (Phi) is 2.91. The number of carbonyl (C=O) groups excluding carboxylic acids is 1. The van der Waals surface area contributed by atoms with Crippen LogP contribution in [0, 0.1) is 0 Å². The topological polar surface area (TPSA) is 92.8 Å². The van der Waals surface area contributed by atoms with E-state index in [2.05, 4.69) is 11.6 Å². The summed E-state index contributed by atoms with van der Waals surface area (Å²) in [5.74, 6) is 0.0814. The van der Waals surface area contributed by atoms with E-state index >= 15 is 0 Å². The second-order valence-electron chi connectivity index (χ2n) is 5.10. The van der Waals surface area contributed by atoms with E-state index < -0.39 is 21.4 Å². The summed E-state index contributed by atoms with van der Waals surface area (Å²) in [4.78, 5) is 17.6. The molecule has 0 fully saturated rings. The summed E-state index contributed by atoms with van der Waals surface area (Å²) in [6.07, 6.45) is 1.79. The summed E-state index contributed by atoms with van der Waals surface area (Å²) >= 11 is 0. The zero-order chi connectivity index (χ0) is 15.3. The minimum absolute atomic E-state index is 0.0683. The molecule has 0 saturated carbocycles. The third-order valence-electron chi connectivity index (χ3n) is 4.04. The molecule has 1 unspecified atom stereocenters. The van der Waals surface area contributed by atoms with Crippen molar-refractivity contribution in [3.63, 3.8) is 0 Å². The first-order valence-electron chi connectivity index (χ1n) is 6.53. The van der Waals surface area contributed by atoms with Gasteiger partial charge in [-0.05, 0) is 12.5 Å². The predicted molar refractivity (Wildman–Crippen MR) is 78.7 cm³/mol. The zero-order valence-electron chi connectivity index (χ0n) is 11.3. The number of hydrogen-bond acceptors (Lipinski definition) is 4. The van der Waals surface area contributed by atoms with Gasteiger partial charge in [-0.25, -0.2) is 13.2 Å². The molecule has 110 valence electrons. The van der Waals surface area contributed by atoms with Crippen LogP contribution in [0.3, 0.4) is 0 Å². The Morgan fingerprint density at radius 3 is 2.86 bits per heavy atom. The lowest BCUT2D eigenvalue weighted by Gasteiger charge is -2.41. The first-order valence-corrected chi connectivity index (χ1v) is 8.18. The molecule has 1 aromatic rings. The molecular weight excluding hydrogens is 290 g/mol. The largest absolute Gasteiger partial charge is 0.385 e. The number of fused-ring (bicyclic) bond motifs is 2. The maximum absolute atomic E-state index is 12.3. The smallest absolute Gasteiger partial charge is 0.346 e. The number of nitrogens with zero attached hydrogens (tertiary/aromatic N) is 2. The van der Waals surface area contributed by atoms with Crippen molar-refractivity contribution >= 4 is 21.7 Å². The summed E-state index contributed by atoms with van der Waals surface area (Å²) in [5, 5.41) is 0. The Labute approximate surface area is 122 Å². The van der Waals surface area contributed by atoms with Gasteiger partial charge in [-0.2, -0.15) is 4.99 Å². The van der Waals surface area contributed by atoms with Crippen LogP contribution in [0.1, 0.15) is 12.0 Å². The SMILES string of the molecule is C=CCN1C(=O)N=C(N)C12CCS(=O)(=O)c1ccccc12. The highest BCUT2D eigenvalue weighted by Crippen LogP contribution is 2.44. The number of amidine groups is 1. The average Bonchev–Trinajstić information content (AvgIpc) is 2.68. The van der Waals surface area contributed by atoms with Crippen LogP contribution in [0.5, 0.6) is 0 Å². The Balaban J connectivity index is 2.29. The van der Waals surface area contributed by atoms with E-state index in [0.29, 0.717) is 5.56 Å². The van der Waals surface area contributed by atoms with Crippen molar-refractivity contribution in [2.24, 2.45) is 10.7 Å². The maximum atomic E-state index is 12.3. The highest BCUT2D eigenvalue weighted by molar-refractivity contribution is 7.91. The molecule has 7 heteroatoms. The molecule has 3 rings (SSSR count). The second kappa shape index (κ2) is 4.42. The third kappa shape index (κ3) is 1.73. The molecule has 6 nitrogen and oxygen atoms in total. The van der Waals surface area contributed by atoms with Crippen LogP contribution in [0.25, 0.3) is 0 Å². The number of rotatable bonds is 2. The van der Waals surface area contributed by atoms with Gasteiger partial charge in [0.2, 0.25) is 0 Å². The van der Waals surface area contributed by atoms with E-state index in [-0.39, 0.29) is 29.4 Å². The molecule has 0 aliphatic carbocycles. The first-order chi connectivity index (χ1) is 9.93. The minimum atomic E-state index is -3.36. The van der Waals surface area contributed by atoms with Crippen molar-refractivity contribution in [1.29, 1.82) is 0 Å². The van der Waals surface area contributed by atoms with E-state index in [1.54, 1.807) is 30.3 Å². The van der Waals surface area contributed by atoms with Crippen LogP contribution in [-0.4, -0.2) is 37.5 Å². The number of sulfone groups is 1. The molecule has 2 heterocycles. The monoisotopic (exact) mass is 305 g/mol. The number of carbonyl (C=O) groups is 1. The molecule has 0 radical (unpaired) electrons. The summed E-state index contributed by atoms with van der Waals surface area (Å²) in [7, 11) is -3.36. The molecule has 0 bridgehead atoms. The average molecular weight is 305 g/mol. The number of amides is 2. The van der Waals surface area contributed by atoms with Crippen molar-refractivity contribution < 1.29 is 13.2 Å². The van der Waals surface area contributed by atoms with Crippen molar-refractivity contribution in [3.05, 3.63) is 42.5 Å². The number of hydrogen-bond donors (Lipinski definition) is 1. The molecule has 2 N–H and O–H groups in total. The van der Waals surface area contributed by atoms with E-state index in [9.17, 15) is 13.2 Å². The summed E-state index contributed by atoms with van der Waals surface area (Å²) in [6.45, 7) is 3.90. The summed E-state index contributed by atoms with van der Waals surface area (Å²) < 4.78 is 24.5. The lowest BCUT2D eigenvalue weighted by Crippen LogP contribution is -2.54. The number of urea groups is 1. The van der Waals surface area contributed by atoms with Gasteiger partial charge in [0.25, 0.3) is 0 Å². The van der Waals surface area contributed by atoms with Gasteiger partial charge in [0.1, 0.15) is 11.4 Å². The van der Waals surface area contributed by atoms with E-state index in [0.717, 1.165) is 0 Å². The van der Waals surface area contributed by atoms with E-state index in [4.69, 9.17) is 5.73 Å². The van der Waals surface area contributed by atoms with Gasteiger partial charge in [0.05, 0.1) is 10.6 Å². The van der Waals surface area contributed by atoms with Gasteiger partial charge in [0.15, 0.2) is 9.84 Å². The fraction of sp³-hybridized carbons (Fsp3) is 0.286. The Morgan fingerprint density at radius 1 is 1.43 bits per heavy atom. The molecule has 2 aliphatic rings. The lowest BCUT2D eigenvalue weighted by molar-refractivity contribution is 0.175. The predicted octanol–water partition coefficient (Wildman–Crippen LogP) is 1.04. The Bertz CT molecular complexity index is 769. The molecule has 0 aromatic heterocycles. The van der Waals surface area contributed by atoms with Gasteiger partial charge >= 0.3 is 6.03 Å². The van der Waals surface area contributed by atoms with Gasteiger partial charge in [-0.15, -0.1) is 6.58 Å². The highest BCUT2D eigenvalue weighted by atomic mass is 32.2. The van der Waals surface area contributed by atoms with E-state index in [1.807, 2.05) is 0 Å². The van der Waals surface area contributed by atoms with Crippen molar-refractivity contribution in [1.82, 2.24) is 4.90 Å². The number of benzene rings is 1. The van der Waals surface area contributed by atoms with E-state index in [1.165, 1.54) is 4.90 Å². The molecule has 2 aliphatic heterocycles. The molecule has 0 saturated heterocycles. The summed E-state index contributed by atoms with van der Waals surface area (Å²) in [5.41, 5.74) is 5.56. The zero-order valence-corrected chi connectivity index (χ0v) is 12.1. The molecule has 1 atom stereocenters. The quantitative estimate of drug-likeness (QED) is 0.826. The molecule has 1 spiro atoms. The van der Waals surface area contributed by atoms with Gasteiger partial charge < -0.3 is 10.6 Å². The van der Waals surface area contributed by atoms with Crippen LogP contribution in [-0.2, 0) is 15.4 Å². The number of aliphatic imine (C=N–C) groups is 1. The van der Waals surface area contributed by atoms with Crippen LogP contribution < -0.4 is 5.73 Å². The van der Waals surface area contributed by atoms with Crippen molar-refractivity contribution in [2.45, 2.75) is 16.9 Å². The lowest BCUT2D eigenvalue weighted by atomic mass is 9.84. The minimum Gasteiger partial charge on any atom is -0.385 e. The first kappa shape index (κ1) is 13.8. The van der Waals surface area contributed by atoms with Crippen molar-refractivity contribution in [2.75, 3.05) is 12.3 Å². The van der Waals surface area contributed by atoms with Gasteiger partial charge in [0, 0.05) is 12.1 Å². The molecular formula is C14H15N3O3S. The highest BCUT2D eigenvalue weighted by Gasteiger charge is 2.53. The van der Waals surface area contributed by atoms with Crippen LogP contribution in [0.2, 0.25) is 0 Å². The van der Waals surface area contributed by atoms with Crippen LogP contribution in [0.15, 0.2) is 46.8 Å². The fourth-order valence-corrected chi connectivity index (χ4v) is 4.71. The van der Waals surface area contributed by atoms with Crippen molar-refractivity contribution in [3.8, 4) is 0 Å². The second-order valence-corrected chi connectivity index (χ2v) is 7.18. The number of nitrogens with two attached hydrogens (primary N) is 1.